The number of carbonyl (C=O) groups is 1. The molecule has 0 bridgehead atoms. The van der Waals surface area contributed by atoms with E-state index in [9.17, 15) is 20.3 Å². The second kappa shape index (κ2) is 7.17. The molecule has 1 aliphatic rings. The van der Waals surface area contributed by atoms with Crippen molar-refractivity contribution in [1.82, 2.24) is 0 Å². The van der Waals surface area contributed by atoms with Gasteiger partial charge in [0.1, 0.15) is 23.5 Å². The Morgan fingerprint density at radius 1 is 0.871 bits per heavy atom. The molecule has 4 rings (SSSR count). The number of aryl methyl sites for hydroxylation is 4. The predicted octanol–water partition coefficient (Wildman–Crippen LogP) is 4.54. The summed E-state index contributed by atoms with van der Waals surface area (Å²) in [7, 11) is 0. The van der Waals surface area contributed by atoms with Crippen LogP contribution in [0.25, 0.3) is 0 Å². The molecular weight excluding hydrogens is 388 g/mol. The van der Waals surface area contributed by atoms with Gasteiger partial charge >= 0.3 is 0 Å². The summed E-state index contributed by atoms with van der Waals surface area (Å²) in [5.41, 5.74) is 4.42. The predicted molar refractivity (Wildman–Crippen MR) is 119 cm³/mol. The number of hydrogen-bond acceptors (Lipinski definition) is 4. The van der Waals surface area contributed by atoms with Gasteiger partial charge in [0.25, 0.3) is 0 Å². The molecule has 1 amide bonds. The van der Waals surface area contributed by atoms with E-state index in [2.05, 4.69) is 6.07 Å². The maximum absolute atomic E-state index is 14.1. The summed E-state index contributed by atoms with van der Waals surface area (Å²) in [6.07, 6.45) is 0. The number of aromatic hydroxyl groups is 2. The second-order valence-electron chi connectivity index (χ2n) is 8.23. The summed E-state index contributed by atoms with van der Waals surface area (Å²) in [6, 6.07) is 17.0. The van der Waals surface area contributed by atoms with Crippen LogP contribution in [0.2, 0.25) is 0 Å². The lowest BCUT2D eigenvalue weighted by Gasteiger charge is -2.31. The van der Waals surface area contributed by atoms with Gasteiger partial charge in [-0.05, 0) is 67.1 Å². The zero-order valence-corrected chi connectivity index (χ0v) is 18.0. The lowest BCUT2D eigenvalue weighted by atomic mass is 9.69. The molecular formula is C26H24N2O3. The van der Waals surface area contributed by atoms with Gasteiger partial charge in [0.15, 0.2) is 0 Å². The number of phenolic OH excluding ortho intramolecular Hbond substituents is 2. The largest absolute Gasteiger partial charge is 0.507 e. The van der Waals surface area contributed by atoms with E-state index in [4.69, 9.17) is 0 Å². The van der Waals surface area contributed by atoms with Gasteiger partial charge in [0.05, 0.1) is 6.07 Å². The number of phenols is 2. The van der Waals surface area contributed by atoms with E-state index in [0.717, 1.165) is 16.7 Å². The summed E-state index contributed by atoms with van der Waals surface area (Å²) < 4.78 is 0. The van der Waals surface area contributed by atoms with Crippen molar-refractivity contribution in [3.8, 4) is 17.6 Å². The molecule has 0 fully saturated rings. The van der Waals surface area contributed by atoms with Crippen molar-refractivity contribution < 1.29 is 15.0 Å². The first-order valence-corrected chi connectivity index (χ1v) is 10.1. The minimum absolute atomic E-state index is 0.0658. The van der Waals surface area contributed by atoms with Crippen LogP contribution in [0, 0.1) is 39.0 Å². The molecule has 3 aromatic carbocycles. The van der Waals surface area contributed by atoms with Crippen molar-refractivity contribution in [2.45, 2.75) is 33.1 Å². The van der Waals surface area contributed by atoms with Crippen LogP contribution < -0.4 is 4.90 Å². The zero-order valence-electron chi connectivity index (χ0n) is 18.0. The smallest absolute Gasteiger partial charge is 0.247 e. The van der Waals surface area contributed by atoms with Crippen LogP contribution in [0.5, 0.6) is 11.5 Å². The highest BCUT2D eigenvalue weighted by molar-refractivity contribution is 6.13. The Morgan fingerprint density at radius 3 is 1.77 bits per heavy atom. The number of anilines is 1. The molecule has 0 saturated carbocycles. The fraction of sp³-hybridized carbons (Fsp3) is 0.231. The lowest BCUT2D eigenvalue weighted by molar-refractivity contribution is -0.120. The Kier molecular flexibility index (Phi) is 4.74. The average molecular weight is 412 g/mol. The fourth-order valence-electron chi connectivity index (χ4n) is 4.75. The molecule has 0 aliphatic carbocycles. The summed E-state index contributed by atoms with van der Waals surface area (Å²) in [5.74, 6) is 0.179. The molecule has 0 saturated heterocycles. The normalized spacial score (nSPS) is 14.4. The Morgan fingerprint density at radius 2 is 1.32 bits per heavy atom. The number of nitrogens with zero attached hydrogens (tertiary/aromatic N) is 2. The Hall–Kier alpha value is -3.78. The number of para-hydroxylation sites is 1. The van der Waals surface area contributed by atoms with E-state index >= 15 is 0 Å². The number of hydrogen-bond donors (Lipinski definition) is 2. The van der Waals surface area contributed by atoms with Crippen LogP contribution in [0.4, 0.5) is 5.69 Å². The summed E-state index contributed by atoms with van der Waals surface area (Å²) in [4.78, 5) is 15.7. The van der Waals surface area contributed by atoms with Crippen LogP contribution in [-0.4, -0.2) is 22.7 Å². The first-order valence-electron chi connectivity index (χ1n) is 10.1. The number of fused-ring (bicyclic) bond motifs is 1. The van der Waals surface area contributed by atoms with Crippen molar-refractivity contribution >= 4 is 11.6 Å². The maximum atomic E-state index is 14.1. The van der Waals surface area contributed by atoms with Crippen molar-refractivity contribution in [3.63, 3.8) is 0 Å². The number of nitriles is 1. The van der Waals surface area contributed by atoms with E-state index in [1.807, 2.05) is 76.2 Å². The quantitative estimate of drug-likeness (QED) is 0.619. The minimum atomic E-state index is -1.19. The monoisotopic (exact) mass is 412 g/mol. The van der Waals surface area contributed by atoms with E-state index in [1.54, 1.807) is 0 Å². The van der Waals surface area contributed by atoms with Gasteiger partial charge in [-0.2, -0.15) is 5.26 Å². The van der Waals surface area contributed by atoms with Crippen LogP contribution >= 0.6 is 0 Å². The molecule has 5 nitrogen and oxygen atoms in total. The van der Waals surface area contributed by atoms with Crippen molar-refractivity contribution in [1.29, 1.82) is 5.26 Å². The SMILES string of the molecule is Cc1cc(C2(c3cc(C)c(O)c(C)c3)C(=O)N(CC#N)c3ccccc32)cc(C)c1O. The first kappa shape index (κ1) is 20.5. The van der Waals surface area contributed by atoms with Crippen LogP contribution in [0.15, 0.2) is 48.5 Å². The number of carbonyl (C=O) groups excluding carboxylic acids is 1. The van der Waals surface area contributed by atoms with Crippen molar-refractivity contribution in [2.24, 2.45) is 0 Å². The number of amides is 1. The average Bonchev–Trinajstić information content (AvgIpc) is 2.99. The zero-order chi connectivity index (χ0) is 22.5. The molecule has 31 heavy (non-hydrogen) atoms. The highest BCUT2D eigenvalue weighted by atomic mass is 16.3. The Balaban J connectivity index is 2.17. The molecule has 1 aliphatic heterocycles. The summed E-state index contributed by atoms with van der Waals surface area (Å²) >= 11 is 0. The number of rotatable bonds is 3. The van der Waals surface area contributed by atoms with Gasteiger partial charge in [-0.1, -0.05) is 42.5 Å². The van der Waals surface area contributed by atoms with Gasteiger partial charge in [-0.15, -0.1) is 0 Å². The van der Waals surface area contributed by atoms with Gasteiger partial charge in [0.2, 0.25) is 5.91 Å². The van der Waals surface area contributed by atoms with E-state index in [1.165, 1.54) is 4.90 Å². The van der Waals surface area contributed by atoms with Gasteiger partial charge in [-0.3, -0.25) is 9.69 Å². The molecule has 0 aromatic heterocycles. The van der Waals surface area contributed by atoms with Crippen LogP contribution in [-0.2, 0) is 10.2 Å². The molecule has 5 heteroatoms. The molecule has 0 radical (unpaired) electrons. The third kappa shape index (κ3) is 2.79. The third-order valence-corrected chi connectivity index (χ3v) is 6.24. The van der Waals surface area contributed by atoms with E-state index in [-0.39, 0.29) is 24.0 Å². The molecule has 1 heterocycles. The lowest BCUT2D eigenvalue weighted by Crippen LogP contribution is -2.42. The maximum Gasteiger partial charge on any atom is 0.247 e. The van der Waals surface area contributed by atoms with Crippen LogP contribution in [0.1, 0.15) is 38.9 Å². The molecule has 0 atom stereocenters. The molecule has 0 spiro atoms. The molecule has 156 valence electrons. The second-order valence-corrected chi connectivity index (χ2v) is 8.23. The fourth-order valence-corrected chi connectivity index (χ4v) is 4.75. The highest BCUT2D eigenvalue weighted by Crippen LogP contribution is 2.51. The van der Waals surface area contributed by atoms with E-state index < -0.39 is 5.41 Å². The summed E-state index contributed by atoms with van der Waals surface area (Å²) in [5, 5.41) is 30.2. The Bertz CT molecular complexity index is 1170. The minimum Gasteiger partial charge on any atom is -0.507 e. The van der Waals surface area contributed by atoms with Gasteiger partial charge in [0, 0.05) is 11.3 Å². The Labute approximate surface area is 181 Å². The van der Waals surface area contributed by atoms with E-state index in [0.29, 0.717) is 27.9 Å². The van der Waals surface area contributed by atoms with Crippen LogP contribution in [0.3, 0.4) is 0 Å². The number of benzene rings is 3. The molecule has 0 unspecified atom stereocenters. The first-order chi connectivity index (χ1) is 14.7. The molecule has 2 N–H and O–H groups in total. The summed E-state index contributed by atoms with van der Waals surface area (Å²) in [6.45, 7) is 7.18. The van der Waals surface area contributed by atoms with Gasteiger partial charge < -0.3 is 10.2 Å². The topological polar surface area (TPSA) is 84.6 Å². The van der Waals surface area contributed by atoms with Gasteiger partial charge in [-0.25, -0.2) is 0 Å². The standard InChI is InChI=1S/C26H24N2O3/c1-15-11-19(12-16(2)23(15)29)26(20-13-17(3)24(30)18(4)14-20)21-7-5-6-8-22(21)28(10-9-27)25(26)31/h5-8,11-14,29-30H,10H2,1-4H3. The highest BCUT2D eigenvalue weighted by Gasteiger charge is 2.53. The van der Waals surface area contributed by atoms with Crippen molar-refractivity contribution in [2.75, 3.05) is 11.4 Å². The van der Waals surface area contributed by atoms with Crippen molar-refractivity contribution in [3.05, 3.63) is 87.5 Å². The molecule has 3 aromatic rings. The third-order valence-electron chi connectivity index (χ3n) is 6.24.